The summed E-state index contributed by atoms with van der Waals surface area (Å²) >= 11 is 0. The summed E-state index contributed by atoms with van der Waals surface area (Å²) in [6.07, 6.45) is 2.96. The second kappa shape index (κ2) is 8.92. The molecule has 0 atom stereocenters. The van der Waals surface area contributed by atoms with Crippen molar-refractivity contribution in [3.8, 4) is 0 Å². The van der Waals surface area contributed by atoms with E-state index in [9.17, 15) is 9.59 Å². The lowest BCUT2D eigenvalue weighted by molar-refractivity contribution is 0.0561. The Kier molecular flexibility index (Phi) is 7.99. The fraction of sp³-hybridized carbons (Fsp3) is 0.600. The standard InChI is InChI=1S/C15H26N4O4/c1-14(2,3)22-12(20)18-11(17-10-8-9-16-7)19-13(21)23-15(4,5)6/h8-10H,1-7H3,(H2,17,18,19,20,21)/b10-8-,16-9-. The van der Waals surface area contributed by atoms with E-state index in [4.69, 9.17) is 9.47 Å². The third-order valence-corrected chi connectivity index (χ3v) is 1.77. The number of hydrogen-bond donors (Lipinski definition) is 2. The molecular formula is C15H26N4O4. The van der Waals surface area contributed by atoms with E-state index in [1.165, 1.54) is 12.4 Å². The molecule has 0 unspecified atom stereocenters. The van der Waals surface area contributed by atoms with Gasteiger partial charge in [-0.05, 0) is 47.6 Å². The van der Waals surface area contributed by atoms with E-state index in [1.807, 2.05) is 0 Å². The molecule has 0 saturated heterocycles. The first-order valence-corrected chi connectivity index (χ1v) is 7.08. The minimum atomic E-state index is -0.839. The molecule has 0 aromatic carbocycles. The molecule has 0 rings (SSSR count). The number of nitrogens with one attached hydrogen (secondary N) is 2. The SMILES string of the molecule is C/N=C\C=C/N/C(=N\C(=O)OC(C)(C)C)NC(=O)OC(C)(C)C. The highest BCUT2D eigenvalue weighted by molar-refractivity contribution is 5.99. The lowest BCUT2D eigenvalue weighted by Crippen LogP contribution is -2.42. The van der Waals surface area contributed by atoms with Gasteiger partial charge in [0.2, 0.25) is 5.96 Å². The molecule has 8 nitrogen and oxygen atoms in total. The molecule has 2 amide bonds. The van der Waals surface area contributed by atoms with Crippen LogP contribution in [-0.2, 0) is 9.47 Å². The lowest BCUT2D eigenvalue weighted by atomic mass is 10.2. The molecule has 130 valence electrons. The Morgan fingerprint density at radius 2 is 1.57 bits per heavy atom. The van der Waals surface area contributed by atoms with Gasteiger partial charge < -0.3 is 14.8 Å². The monoisotopic (exact) mass is 326 g/mol. The van der Waals surface area contributed by atoms with E-state index in [1.54, 1.807) is 54.7 Å². The van der Waals surface area contributed by atoms with Gasteiger partial charge in [0.25, 0.3) is 0 Å². The molecule has 0 bridgehead atoms. The number of hydrogen-bond acceptors (Lipinski definition) is 5. The van der Waals surface area contributed by atoms with Gasteiger partial charge in [-0.15, -0.1) is 4.99 Å². The molecular weight excluding hydrogens is 300 g/mol. The predicted molar refractivity (Wildman–Crippen MR) is 89.7 cm³/mol. The van der Waals surface area contributed by atoms with E-state index in [0.29, 0.717) is 0 Å². The molecule has 0 aromatic rings. The zero-order valence-electron chi connectivity index (χ0n) is 14.8. The zero-order valence-corrected chi connectivity index (χ0v) is 14.8. The Balaban J connectivity index is 5.00. The topological polar surface area (TPSA) is 101 Å². The molecule has 0 spiro atoms. The molecule has 0 aliphatic heterocycles. The number of nitrogens with zero attached hydrogens (tertiary/aromatic N) is 2. The quantitative estimate of drug-likeness (QED) is 0.600. The summed E-state index contributed by atoms with van der Waals surface area (Å²) in [6.45, 7) is 10.3. The fourth-order valence-electron chi connectivity index (χ4n) is 1.13. The van der Waals surface area contributed by atoms with Crippen molar-refractivity contribution in [1.29, 1.82) is 0 Å². The number of amides is 2. The summed E-state index contributed by atoms with van der Waals surface area (Å²) in [5.41, 5.74) is -1.37. The molecule has 0 aliphatic carbocycles. The summed E-state index contributed by atoms with van der Waals surface area (Å²) in [6, 6.07) is 0. The van der Waals surface area contributed by atoms with Gasteiger partial charge in [-0.1, -0.05) is 0 Å². The molecule has 8 heteroatoms. The van der Waals surface area contributed by atoms with Crippen molar-refractivity contribution < 1.29 is 19.1 Å². The number of alkyl carbamates (subject to hydrolysis) is 1. The lowest BCUT2D eigenvalue weighted by Gasteiger charge is -2.20. The van der Waals surface area contributed by atoms with Gasteiger partial charge in [-0.2, -0.15) is 0 Å². The third-order valence-electron chi connectivity index (χ3n) is 1.77. The van der Waals surface area contributed by atoms with Crippen molar-refractivity contribution in [2.45, 2.75) is 52.7 Å². The van der Waals surface area contributed by atoms with Crippen molar-refractivity contribution in [2.75, 3.05) is 7.05 Å². The number of rotatable bonds is 2. The maximum Gasteiger partial charge on any atom is 0.437 e. The number of guanidine groups is 1. The van der Waals surface area contributed by atoms with Crippen LogP contribution in [0.25, 0.3) is 0 Å². The van der Waals surface area contributed by atoms with Crippen molar-refractivity contribution in [1.82, 2.24) is 10.6 Å². The highest BCUT2D eigenvalue weighted by atomic mass is 16.6. The van der Waals surface area contributed by atoms with Gasteiger partial charge in [0, 0.05) is 19.5 Å². The molecule has 2 N–H and O–H groups in total. The van der Waals surface area contributed by atoms with Crippen molar-refractivity contribution in [3.05, 3.63) is 12.3 Å². The van der Waals surface area contributed by atoms with Crippen LogP contribution in [0.4, 0.5) is 9.59 Å². The first-order chi connectivity index (χ1) is 10.4. The first-order valence-electron chi connectivity index (χ1n) is 7.08. The van der Waals surface area contributed by atoms with Gasteiger partial charge in [-0.3, -0.25) is 10.3 Å². The highest BCUT2D eigenvalue weighted by Crippen LogP contribution is 2.08. The maximum atomic E-state index is 11.8. The molecule has 0 aliphatic rings. The van der Waals surface area contributed by atoms with Gasteiger partial charge in [0.05, 0.1) is 0 Å². The number of ether oxygens (including phenoxy) is 2. The van der Waals surface area contributed by atoms with E-state index in [2.05, 4.69) is 20.6 Å². The summed E-state index contributed by atoms with van der Waals surface area (Å²) in [7, 11) is 1.61. The van der Waals surface area contributed by atoms with Gasteiger partial charge in [0.15, 0.2) is 0 Å². The highest BCUT2D eigenvalue weighted by Gasteiger charge is 2.19. The van der Waals surface area contributed by atoms with Crippen LogP contribution in [0.3, 0.4) is 0 Å². The average Bonchev–Trinajstić information content (AvgIpc) is 2.29. The Hall–Kier alpha value is -2.38. The third kappa shape index (κ3) is 13.0. The number of aliphatic imine (C=N–C) groups is 2. The normalized spacial score (nSPS) is 13.3. The van der Waals surface area contributed by atoms with Crippen LogP contribution in [0.1, 0.15) is 41.5 Å². The molecule has 0 fully saturated rings. The minimum Gasteiger partial charge on any atom is -0.444 e. The Morgan fingerprint density at radius 1 is 1.00 bits per heavy atom. The first kappa shape index (κ1) is 20.6. The maximum absolute atomic E-state index is 11.8. The fourth-order valence-corrected chi connectivity index (χ4v) is 1.13. The zero-order chi connectivity index (χ0) is 18.1. The number of carbonyl (C=O) groups excluding carboxylic acids is 2. The average molecular weight is 326 g/mol. The molecule has 0 heterocycles. The van der Waals surface area contributed by atoms with Crippen LogP contribution < -0.4 is 10.6 Å². The van der Waals surface area contributed by atoms with Crippen LogP contribution in [-0.4, -0.2) is 42.6 Å². The Bertz CT molecular complexity index is 497. The molecule has 23 heavy (non-hydrogen) atoms. The summed E-state index contributed by atoms with van der Waals surface area (Å²) < 4.78 is 10.2. The van der Waals surface area contributed by atoms with Crippen LogP contribution in [0, 0.1) is 0 Å². The smallest absolute Gasteiger partial charge is 0.437 e. The van der Waals surface area contributed by atoms with E-state index >= 15 is 0 Å². The number of allylic oxidation sites excluding steroid dienone is 1. The predicted octanol–water partition coefficient (Wildman–Crippen LogP) is 2.61. The van der Waals surface area contributed by atoms with Gasteiger partial charge >= 0.3 is 12.2 Å². The molecule has 0 aromatic heterocycles. The largest absolute Gasteiger partial charge is 0.444 e. The van der Waals surface area contributed by atoms with Crippen LogP contribution in [0.5, 0.6) is 0 Å². The van der Waals surface area contributed by atoms with E-state index in [0.717, 1.165) is 0 Å². The summed E-state index contributed by atoms with van der Waals surface area (Å²) in [5, 5.41) is 5.00. The second-order valence-corrected chi connectivity index (χ2v) is 6.48. The van der Waals surface area contributed by atoms with Crippen LogP contribution in [0.2, 0.25) is 0 Å². The Morgan fingerprint density at radius 3 is 2.04 bits per heavy atom. The van der Waals surface area contributed by atoms with Gasteiger partial charge in [-0.25, -0.2) is 9.59 Å². The summed E-state index contributed by atoms with van der Waals surface area (Å²) in [4.78, 5) is 30.9. The van der Waals surface area contributed by atoms with Crippen LogP contribution >= 0.6 is 0 Å². The van der Waals surface area contributed by atoms with E-state index in [-0.39, 0.29) is 5.96 Å². The van der Waals surface area contributed by atoms with Gasteiger partial charge in [0.1, 0.15) is 11.2 Å². The molecule has 0 saturated carbocycles. The molecule has 0 radical (unpaired) electrons. The minimum absolute atomic E-state index is 0.116. The summed E-state index contributed by atoms with van der Waals surface area (Å²) in [5.74, 6) is -0.116. The van der Waals surface area contributed by atoms with E-state index < -0.39 is 23.4 Å². The Labute approximate surface area is 137 Å². The second-order valence-electron chi connectivity index (χ2n) is 6.48. The van der Waals surface area contributed by atoms with Crippen LogP contribution in [0.15, 0.2) is 22.3 Å². The van der Waals surface area contributed by atoms with Crippen molar-refractivity contribution in [2.24, 2.45) is 9.98 Å². The van der Waals surface area contributed by atoms with Crippen molar-refractivity contribution in [3.63, 3.8) is 0 Å². The van der Waals surface area contributed by atoms with Crippen molar-refractivity contribution >= 4 is 24.4 Å². The number of carbonyl (C=O) groups is 2.